The highest BCUT2D eigenvalue weighted by Gasteiger charge is 2.32. The van der Waals surface area contributed by atoms with Gasteiger partial charge in [-0.3, -0.25) is 4.79 Å². The van der Waals surface area contributed by atoms with Crippen molar-refractivity contribution in [3.8, 4) is 5.75 Å². The molecule has 0 radical (unpaired) electrons. The van der Waals surface area contributed by atoms with Gasteiger partial charge >= 0.3 is 0 Å². The monoisotopic (exact) mass is 592 g/mol. The lowest BCUT2D eigenvalue weighted by atomic mass is 10.2. The summed E-state index contributed by atoms with van der Waals surface area (Å²) in [4.78, 5) is 18.6. The van der Waals surface area contributed by atoms with Crippen molar-refractivity contribution >= 4 is 48.8 Å². The number of fused-ring (bicyclic) bond motifs is 1. The van der Waals surface area contributed by atoms with Gasteiger partial charge in [-0.25, -0.2) is 13.4 Å². The molecule has 5 rings (SSSR count). The van der Waals surface area contributed by atoms with Crippen molar-refractivity contribution in [3.05, 3.63) is 83.4 Å². The molecule has 2 unspecified atom stereocenters. The first-order valence-corrected chi connectivity index (χ1v) is 15.6. The van der Waals surface area contributed by atoms with Crippen molar-refractivity contribution in [3.63, 3.8) is 0 Å². The molecule has 1 aromatic heterocycles. The van der Waals surface area contributed by atoms with E-state index in [0.717, 1.165) is 27.1 Å². The molecular weight excluding hydrogens is 560 g/mol. The Hall–Kier alpha value is -3.64. The van der Waals surface area contributed by atoms with E-state index in [4.69, 9.17) is 9.47 Å². The zero-order valence-electron chi connectivity index (χ0n) is 23.4. The Labute approximate surface area is 244 Å². The lowest BCUT2D eigenvalue weighted by Crippen LogP contribution is -2.48. The van der Waals surface area contributed by atoms with Gasteiger partial charge < -0.3 is 9.47 Å². The standard InChI is InChI=1S/C30H32N4O5S2/c1-5-38-25-11-7-23(8-12-25)17-31-34(30-32-27-15-6-20(2)16-28(27)40-30)29(35)24-9-13-26(14-10-24)41(36,37)33-18-21(3)39-22(4)19-33/h6-17,21-22H,5,18-19H2,1-4H3/b31-17+. The van der Waals surface area contributed by atoms with Crippen LogP contribution in [0.2, 0.25) is 0 Å². The number of sulfonamides is 1. The second kappa shape index (κ2) is 12.1. The minimum atomic E-state index is -3.74. The van der Waals surface area contributed by atoms with E-state index in [9.17, 15) is 13.2 Å². The SMILES string of the molecule is CCOc1ccc(/C=N/N(C(=O)c2ccc(S(=O)(=O)N3CC(C)OC(C)C3)cc2)c2nc3ccc(C)cc3s2)cc1. The predicted octanol–water partition coefficient (Wildman–Crippen LogP) is 5.48. The molecule has 41 heavy (non-hydrogen) atoms. The van der Waals surface area contributed by atoms with E-state index >= 15 is 0 Å². The first-order chi connectivity index (χ1) is 19.6. The number of hydrogen-bond donors (Lipinski definition) is 0. The van der Waals surface area contributed by atoms with Crippen LogP contribution in [-0.2, 0) is 14.8 Å². The molecule has 0 aliphatic carbocycles. The lowest BCUT2D eigenvalue weighted by Gasteiger charge is -2.34. The van der Waals surface area contributed by atoms with Crippen LogP contribution in [0.3, 0.4) is 0 Å². The molecule has 0 spiro atoms. The molecular formula is C30H32N4O5S2. The Morgan fingerprint density at radius 1 is 1.10 bits per heavy atom. The van der Waals surface area contributed by atoms with Gasteiger partial charge in [0.05, 0.1) is 40.1 Å². The van der Waals surface area contributed by atoms with Crippen LogP contribution in [0.5, 0.6) is 5.75 Å². The van der Waals surface area contributed by atoms with Crippen LogP contribution in [0, 0.1) is 6.92 Å². The molecule has 2 atom stereocenters. The summed E-state index contributed by atoms with van der Waals surface area (Å²) in [6.07, 6.45) is 1.19. The highest BCUT2D eigenvalue weighted by atomic mass is 32.2. The van der Waals surface area contributed by atoms with Crippen LogP contribution < -0.4 is 9.75 Å². The first-order valence-electron chi connectivity index (χ1n) is 13.4. The maximum atomic E-state index is 13.8. The molecule has 214 valence electrons. The number of aromatic nitrogens is 1. The van der Waals surface area contributed by atoms with Gasteiger partial charge in [-0.1, -0.05) is 17.4 Å². The highest BCUT2D eigenvalue weighted by Crippen LogP contribution is 2.31. The minimum Gasteiger partial charge on any atom is -0.494 e. The van der Waals surface area contributed by atoms with Crippen LogP contribution in [0.15, 0.2) is 76.7 Å². The predicted molar refractivity (Wildman–Crippen MR) is 162 cm³/mol. The maximum Gasteiger partial charge on any atom is 0.280 e. The summed E-state index contributed by atoms with van der Waals surface area (Å²) in [5.74, 6) is 0.315. The van der Waals surface area contributed by atoms with Gasteiger partial charge in [0.25, 0.3) is 5.91 Å². The Balaban J connectivity index is 1.45. The average Bonchev–Trinajstić information content (AvgIpc) is 3.36. The van der Waals surface area contributed by atoms with Crippen molar-refractivity contribution in [2.75, 3.05) is 24.7 Å². The summed E-state index contributed by atoms with van der Waals surface area (Å²) in [6.45, 7) is 8.75. The van der Waals surface area contributed by atoms with E-state index < -0.39 is 15.9 Å². The number of morpholine rings is 1. The van der Waals surface area contributed by atoms with Gasteiger partial charge in [0.2, 0.25) is 15.2 Å². The van der Waals surface area contributed by atoms with E-state index in [1.807, 2.05) is 70.2 Å². The first kappa shape index (κ1) is 28.9. The van der Waals surface area contributed by atoms with E-state index in [1.54, 1.807) is 6.21 Å². The zero-order chi connectivity index (χ0) is 29.1. The fraction of sp³-hybridized carbons (Fsp3) is 0.300. The van der Waals surface area contributed by atoms with Crippen molar-refractivity contribution < 1.29 is 22.7 Å². The lowest BCUT2D eigenvalue weighted by molar-refractivity contribution is -0.0440. The quantitative estimate of drug-likeness (QED) is 0.198. The van der Waals surface area contributed by atoms with Gasteiger partial charge in [0.1, 0.15) is 5.75 Å². The molecule has 1 aliphatic heterocycles. The molecule has 0 saturated carbocycles. The molecule has 0 N–H and O–H groups in total. The number of hydrazone groups is 1. The van der Waals surface area contributed by atoms with Gasteiger partial charge in [-0.15, -0.1) is 0 Å². The molecule has 1 amide bonds. The largest absolute Gasteiger partial charge is 0.494 e. The molecule has 4 aromatic rings. The van der Waals surface area contributed by atoms with Crippen molar-refractivity contribution in [2.45, 2.75) is 44.8 Å². The number of rotatable bonds is 8. The number of benzene rings is 3. The fourth-order valence-corrected chi connectivity index (χ4v) is 7.22. The van der Waals surface area contributed by atoms with E-state index in [-0.39, 0.29) is 35.8 Å². The van der Waals surface area contributed by atoms with Crippen LogP contribution in [0.4, 0.5) is 5.13 Å². The van der Waals surface area contributed by atoms with Gasteiger partial charge in [0, 0.05) is 18.7 Å². The molecule has 3 aromatic carbocycles. The molecule has 1 saturated heterocycles. The summed E-state index contributed by atoms with van der Waals surface area (Å²) >= 11 is 1.36. The summed E-state index contributed by atoms with van der Waals surface area (Å²) in [7, 11) is -3.74. The fourth-order valence-electron chi connectivity index (χ4n) is 4.61. The number of nitrogens with zero attached hydrogens (tertiary/aromatic N) is 4. The Morgan fingerprint density at radius 2 is 1.78 bits per heavy atom. The van der Waals surface area contributed by atoms with Crippen LogP contribution in [0.1, 0.15) is 42.3 Å². The topological polar surface area (TPSA) is 101 Å². The van der Waals surface area contributed by atoms with Crippen molar-refractivity contribution in [1.82, 2.24) is 9.29 Å². The minimum absolute atomic E-state index is 0.121. The normalized spacial score (nSPS) is 18.1. The molecule has 1 fully saturated rings. The third-order valence-electron chi connectivity index (χ3n) is 6.54. The smallest absolute Gasteiger partial charge is 0.280 e. The van der Waals surface area contributed by atoms with Gasteiger partial charge in [-0.2, -0.15) is 14.4 Å². The molecule has 2 heterocycles. The second-order valence-corrected chi connectivity index (χ2v) is 12.9. The summed E-state index contributed by atoms with van der Waals surface area (Å²) < 4.78 is 40.2. The number of carbonyl (C=O) groups is 1. The number of amides is 1. The van der Waals surface area contributed by atoms with Gasteiger partial charge in [0.15, 0.2) is 0 Å². The summed E-state index contributed by atoms with van der Waals surface area (Å²) in [6, 6.07) is 19.2. The van der Waals surface area contributed by atoms with Crippen molar-refractivity contribution in [1.29, 1.82) is 0 Å². The Morgan fingerprint density at radius 3 is 2.44 bits per heavy atom. The van der Waals surface area contributed by atoms with Gasteiger partial charge in [-0.05, 0) is 99.5 Å². The Kier molecular flexibility index (Phi) is 8.50. The third kappa shape index (κ3) is 6.48. The molecule has 9 nitrogen and oxygen atoms in total. The number of carbonyl (C=O) groups excluding carboxylic acids is 1. The number of anilines is 1. The molecule has 11 heteroatoms. The van der Waals surface area contributed by atoms with E-state index in [2.05, 4.69) is 10.1 Å². The zero-order valence-corrected chi connectivity index (χ0v) is 25.0. The maximum absolute atomic E-state index is 13.8. The van der Waals surface area contributed by atoms with Crippen LogP contribution >= 0.6 is 11.3 Å². The number of thiazole rings is 1. The molecule has 1 aliphatic rings. The summed E-state index contributed by atoms with van der Waals surface area (Å²) in [5, 5.41) is 6.18. The van der Waals surface area contributed by atoms with Crippen LogP contribution in [0.25, 0.3) is 10.2 Å². The van der Waals surface area contributed by atoms with E-state index in [1.165, 1.54) is 44.9 Å². The molecule has 0 bridgehead atoms. The van der Waals surface area contributed by atoms with E-state index in [0.29, 0.717) is 11.7 Å². The highest BCUT2D eigenvalue weighted by molar-refractivity contribution is 7.89. The number of hydrogen-bond acceptors (Lipinski definition) is 8. The third-order valence-corrected chi connectivity index (χ3v) is 9.38. The summed E-state index contributed by atoms with van der Waals surface area (Å²) in [5.41, 5.74) is 2.91. The Bertz CT molecular complexity index is 1660. The second-order valence-electron chi connectivity index (χ2n) is 9.93. The van der Waals surface area contributed by atoms with Crippen molar-refractivity contribution in [2.24, 2.45) is 5.10 Å². The number of ether oxygens (including phenoxy) is 2. The number of aryl methyl sites for hydroxylation is 1. The van der Waals surface area contributed by atoms with Crippen LogP contribution in [-0.4, -0.2) is 61.7 Å². The average molecular weight is 593 g/mol.